The molecule has 0 unspecified atom stereocenters. The fraction of sp³-hybridized carbons (Fsp3) is 0.364. The number of alkyl halides is 3. The van der Waals surface area contributed by atoms with Crippen LogP contribution in [0.2, 0.25) is 0 Å². The van der Waals surface area contributed by atoms with Gasteiger partial charge in [-0.1, -0.05) is 6.07 Å². The number of anilines is 1. The van der Waals surface area contributed by atoms with E-state index in [2.05, 4.69) is 0 Å². The summed E-state index contributed by atoms with van der Waals surface area (Å²) in [5.41, 5.74) is 0.286. The summed E-state index contributed by atoms with van der Waals surface area (Å²) in [4.78, 5) is 12.6. The van der Waals surface area contributed by atoms with Gasteiger partial charge in [-0.2, -0.15) is 13.2 Å². The van der Waals surface area contributed by atoms with Crippen molar-refractivity contribution in [2.75, 3.05) is 25.0 Å². The summed E-state index contributed by atoms with van der Waals surface area (Å²) in [6, 6.07) is 5.24. The van der Waals surface area contributed by atoms with Gasteiger partial charge >= 0.3 is 6.18 Å². The lowest BCUT2D eigenvalue weighted by atomic mass is 10.3. The summed E-state index contributed by atoms with van der Waals surface area (Å²) in [5, 5.41) is 1.98. The Morgan fingerprint density at radius 1 is 1.39 bits per heavy atom. The fourth-order valence-electron chi connectivity index (χ4n) is 1.26. The molecule has 1 aromatic carbocycles. The molecule has 0 atom stereocenters. The molecule has 0 saturated heterocycles. The minimum atomic E-state index is -4.36. The van der Waals surface area contributed by atoms with Crippen LogP contribution >= 0.6 is 0 Å². The molecule has 0 aliphatic carbocycles. The first kappa shape index (κ1) is 14.4. The summed E-state index contributed by atoms with van der Waals surface area (Å²) >= 11 is 0. The van der Waals surface area contributed by atoms with E-state index in [9.17, 15) is 22.4 Å². The van der Waals surface area contributed by atoms with E-state index in [4.69, 9.17) is 0 Å². The molecule has 100 valence electrons. The molecule has 0 fully saturated rings. The van der Waals surface area contributed by atoms with Crippen molar-refractivity contribution in [1.82, 2.24) is 5.32 Å². The number of carbonyl (C=O) groups excluding carboxylic acids is 1. The molecule has 0 aliphatic rings. The molecule has 18 heavy (non-hydrogen) atoms. The summed E-state index contributed by atoms with van der Waals surface area (Å²) < 4.78 is 48.4. The van der Waals surface area contributed by atoms with Crippen molar-refractivity contribution < 1.29 is 22.4 Å². The highest BCUT2D eigenvalue weighted by atomic mass is 19.4. The maximum atomic E-state index is 12.9. The highest BCUT2D eigenvalue weighted by molar-refractivity contribution is 5.94. The summed E-state index contributed by atoms with van der Waals surface area (Å²) in [5.74, 6) is -1.10. The lowest BCUT2D eigenvalue weighted by Crippen LogP contribution is -2.39. The van der Waals surface area contributed by atoms with Crippen LogP contribution in [0.15, 0.2) is 24.3 Å². The Morgan fingerprint density at radius 2 is 2.06 bits per heavy atom. The Morgan fingerprint density at radius 3 is 2.61 bits per heavy atom. The molecule has 0 bridgehead atoms. The monoisotopic (exact) mass is 264 g/mol. The quantitative estimate of drug-likeness (QED) is 0.843. The van der Waals surface area contributed by atoms with E-state index in [-0.39, 0.29) is 5.69 Å². The van der Waals surface area contributed by atoms with Crippen LogP contribution in [0.3, 0.4) is 0 Å². The average molecular weight is 264 g/mol. The molecule has 0 heterocycles. The van der Waals surface area contributed by atoms with Crippen LogP contribution in [-0.4, -0.2) is 32.2 Å². The van der Waals surface area contributed by atoms with Gasteiger partial charge < -0.3 is 10.2 Å². The van der Waals surface area contributed by atoms with Crippen LogP contribution in [0.5, 0.6) is 0 Å². The number of nitrogens with zero attached hydrogens (tertiary/aromatic N) is 1. The Kier molecular flexibility index (Phi) is 4.66. The molecule has 0 radical (unpaired) electrons. The Bertz CT molecular complexity index is 420. The number of benzene rings is 1. The van der Waals surface area contributed by atoms with Gasteiger partial charge in [0, 0.05) is 12.7 Å². The third-order valence-corrected chi connectivity index (χ3v) is 2.17. The number of hydrogen-bond donors (Lipinski definition) is 1. The minimum absolute atomic E-state index is 0.286. The van der Waals surface area contributed by atoms with E-state index in [1.165, 1.54) is 25.2 Å². The molecule has 1 aromatic rings. The van der Waals surface area contributed by atoms with E-state index in [1.807, 2.05) is 5.32 Å². The third kappa shape index (κ3) is 4.70. The largest absolute Gasteiger partial charge is 0.401 e. The molecular formula is C11H12F4N2O. The average Bonchev–Trinajstić information content (AvgIpc) is 2.26. The van der Waals surface area contributed by atoms with Gasteiger partial charge in [-0.3, -0.25) is 4.79 Å². The van der Waals surface area contributed by atoms with Crippen LogP contribution < -0.4 is 10.2 Å². The molecule has 1 rings (SSSR count). The zero-order valence-corrected chi connectivity index (χ0v) is 9.59. The number of amides is 1. The van der Waals surface area contributed by atoms with Gasteiger partial charge in [-0.15, -0.1) is 0 Å². The smallest absolute Gasteiger partial charge is 0.314 e. The molecular weight excluding hydrogens is 252 g/mol. The SMILES string of the molecule is CN(C(=O)CNCC(F)(F)F)c1cccc(F)c1. The second-order valence-electron chi connectivity index (χ2n) is 3.65. The molecule has 0 aliphatic heterocycles. The van der Waals surface area contributed by atoms with E-state index in [1.54, 1.807) is 0 Å². The number of carbonyl (C=O) groups is 1. The summed E-state index contributed by atoms with van der Waals surface area (Å²) in [6.07, 6.45) is -4.36. The predicted octanol–water partition coefficient (Wildman–Crippen LogP) is 1.94. The maximum Gasteiger partial charge on any atom is 0.401 e. The molecule has 0 aromatic heterocycles. The Balaban J connectivity index is 2.52. The molecule has 7 heteroatoms. The van der Waals surface area contributed by atoms with Crippen LogP contribution in [0, 0.1) is 5.82 Å². The number of nitrogens with one attached hydrogen (secondary N) is 1. The fourth-order valence-corrected chi connectivity index (χ4v) is 1.26. The second-order valence-corrected chi connectivity index (χ2v) is 3.65. The number of hydrogen-bond acceptors (Lipinski definition) is 2. The minimum Gasteiger partial charge on any atom is -0.314 e. The van der Waals surface area contributed by atoms with Crippen molar-refractivity contribution in [1.29, 1.82) is 0 Å². The number of halogens is 4. The lowest BCUT2D eigenvalue weighted by molar-refractivity contribution is -0.127. The van der Waals surface area contributed by atoms with Gasteiger partial charge in [0.15, 0.2) is 0 Å². The highest BCUT2D eigenvalue weighted by Gasteiger charge is 2.26. The van der Waals surface area contributed by atoms with Crippen LogP contribution in [0.1, 0.15) is 0 Å². The third-order valence-electron chi connectivity index (χ3n) is 2.17. The summed E-state index contributed by atoms with van der Waals surface area (Å²) in [7, 11) is 1.37. The van der Waals surface area contributed by atoms with Gasteiger partial charge in [0.25, 0.3) is 0 Å². The van der Waals surface area contributed by atoms with Gasteiger partial charge in [0.1, 0.15) is 5.82 Å². The summed E-state index contributed by atoms with van der Waals surface area (Å²) in [6.45, 7) is -1.71. The predicted molar refractivity (Wildman–Crippen MR) is 58.7 cm³/mol. The molecule has 3 nitrogen and oxygen atoms in total. The normalized spacial score (nSPS) is 11.4. The molecule has 1 amide bonds. The highest BCUT2D eigenvalue weighted by Crippen LogP contribution is 2.14. The Hall–Kier alpha value is -1.63. The number of likely N-dealkylation sites (N-methyl/N-ethyl adjacent to an activating group) is 1. The molecule has 0 saturated carbocycles. The second kappa shape index (κ2) is 5.81. The van der Waals surface area contributed by atoms with E-state index >= 15 is 0 Å². The van der Waals surface area contributed by atoms with E-state index < -0.39 is 31.0 Å². The van der Waals surface area contributed by atoms with Gasteiger partial charge in [-0.25, -0.2) is 4.39 Å². The van der Waals surface area contributed by atoms with E-state index in [0.717, 1.165) is 11.0 Å². The van der Waals surface area contributed by atoms with Crippen LogP contribution in [0.25, 0.3) is 0 Å². The van der Waals surface area contributed by atoms with Crippen molar-refractivity contribution in [3.8, 4) is 0 Å². The lowest BCUT2D eigenvalue weighted by Gasteiger charge is -2.18. The standard InChI is InChI=1S/C11H12F4N2O/c1-17(9-4-2-3-8(12)5-9)10(18)6-16-7-11(13,14)15/h2-5,16H,6-7H2,1H3. The van der Waals surface area contributed by atoms with Gasteiger partial charge in [-0.05, 0) is 18.2 Å². The van der Waals surface area contributed by atoms with Gasteiger partial charge in [0.2, 0.25) is 5.91 Å². The van der Waals surface area contributed by atoms with Crippen molar-refractivity contribution in [2.45, 2.75) is 6.18 Å². The van der Waals surface area contributed by atoms with Crippen LogP contribution in [0.4, 0.5) is 23.2 Å². The molecule has 1 N–H and O–H groups in total. The maximum absolute atomic E-state index is 12.9. The molecule has 0 spiro atoms. The first-order valence-electron chi connectivity index (χ1n) is 5.09. The van der Waals surface area contributed by atoms with E-state index in [0.29, 0.717) is 0 Å². The Labute approximate surface area is 101 Å². The van der Waals surface area contributed by atoms with Gasteiger partial charge in [0.05, 0.1) is 13.1 Å². The number of rotatable bonds is 4. The van der Waals surface area contributed by atoms with Crippen LogP contribution in [-0.2, 0) is 4.79 Å². The van der Waals surface area contributed by atoms with Crippen molar-refractivity contribution in [3.63, 3.8) is 0 Å². The first-order valence-corrected chi connectivity index (χ1v) is 5.09. The van der Waals surface area contributed by atoms with Crippen molar-refractivity contribution >= 4 is 11.6 Å². The topological polar surface area (TPSA) is 32.3 Å². The zero-order chi connectivity index (χ0) is 13.8. The van der Waals surface area contributed by atoms with Crippen molar-refractivity contribution in [3.05, 3.63) is 30.1 Å². The first-order chi connectivity index (χ1) is 8.29. The zero-order valence-electron chi connectivity index (χ0n) is 9.59. The van der Waals surface area contributed by atoms with Crippen molar-refractivity contribution in [2.24, 2.45) is 0 Å².